The average Bonchev–Trinajstić information content (AvgIpc) is 3.06. The highest BCUT2D eigenvalue weighted by atomic mass is 32.2. The second kappa shape index (κ2) is 12.5. The summed E-state index contributed by atoms with van der Waals surface area (Å²) in [6.07, 6.45) is 0.820. The van der Waals surface area contributed by atoms with Gasteiger partial charge in [-0.2, -0.15) is 0 Å². The van der Waals surface area contributed by atoms with E-state index in [-0.39, 0.29) is 11.5 Å². The molecular formula is C17H33N5O5S. The molecule has 28 heavy (non-hydrogen) atoms. The number of hydrogen-bond acceptors (Lipinski definition) is 9. The van der Waals surface area contributed by atoms with Crippen molar-refractivity contribution in [2.24, 2.45) is 5.73 Å². The van der Waals surface area contributed by atoms with Crippen molar-refractivity contribution in [3.8, 4) is 0 Å². The van der Waals surface area contributed by atoms with Crippen LogP contribution in [-0.2, 0) is 43.6 Å². The van der Waals surface area contributed by atoms with E-state index in [1.54, 1.807) is 0 Å². The molecule has 1 aromatic heterocycles. The fourth-order valence-electron chi connectivity index (χ4n) is 2.95. The van der Waals surface area contributed by atoms with E-state index in [2.05, 4.69) is 22.1 Å². The molecule has 10 nitrogen and oxygen atoms in total. The number of hydrogen-bond donors (Lipinski definition) is 1. The first-order chi connectivity index (χ1) is 13.6. The van der Waals surface area contributed by atoms with Crippen molar-refractivity contribution < 1.29 is 22.6 Å². The molecule has 1 saturated heterocycles. The predicted molar refractivity (Wildman–Crippen MR) is 105 cm³/mol. The van der Waals surface area contributed by atoms with Crippen LogP contribution in [0.4, 0.5) is 0 Å². The van der Waals surface area contributed by atoms with Crippen LogP contribution in [0.5, 0.6) is 0 Å². The van der Waals surface area contributed by atoms with Gasteiger partial charge in [0.25, 0.3) is 0 Å². The average molecular weight is 420 g/mol. The Kier molecular flexibility index (Phi) is 10.3. The lowest BCUT2D eigenvalue weighted by atomic mass is 10.2. The molecule has 0 unspecified atom stereocenters. The van der Waals surface area contributed by atoms with Crippen LogP contribution in [0.3, 0.4) is 0 Å². The Morgan fingerprint density at radius 1 is 1.00 bits per heavy atom. The molecule has 0 saturated carbocycles. The molecule has 2 heterocycles. The molecule has 0 atom stereocenters. The third kappa shape index (κ3) is 8.10. The summed E-state index contributed by atoms with van der Waals surface area (Å²) in [6.45, 7) is 8.17. The Morgan fingerprint density at radius 2 is 1.61 bits per heavy atom. The Hall–Kier alpha value is -1.11. The number of rotatable bonds is 14. The van der Waals surface area contributed by atoms with Gasteiger partial charge in [-0.1, -0.05) is 12.1 Å². The highest BCUT2D eigenvalue weighted by Gasteiger charge is 2.23. The maximum Gasteiger partial charge on any atom is 0.152 e. The first-order valence-corrected chi connectivity index (χ1v) is 11.6. The van der Waals surface area contributed by atoms with Crippen LogP contribution in [0.15, 0.2) is 0 Å². The summed E-state index contributed by atoms with van der Waals surface area (Å²) in [5.41, 5.74) is 7.32. The first kappa shape index (κ1) is 23.2. The molecule has 1 aromatic rings. The van der Waals surface area contributed by atoms with Crippen molar-refractivity contribution in [2.75, 3.05) is 70.8 Å². The molecule has 11 heteroatoms. The molecule has 0 radical (unpaired) electrons. The van der Waals surface area contributed by atoms with Gasteiger partial charge in [0.2, 0.25) is 0 Å². The smallest absolute Gasteiger partial charge is 0.152 e. The molecule has 0 amide bonds. The van der Waals surface area contributed by atoms with Crippen LogP contribution in [-0.4, -0.2) is 99.1 Å². The predicted octanol–water partition coefficient (Wildman–Crippen LogP) is -0.921. The monoisotopic (exact) mass is 419 g/mol. The van der Waals surface area contributed by atoms with E-state index in [1.807, 2.05) is 4.68 Å². The Labute approximate surface area is 167 Å². The summed E-state index contributed by atoms with van der Waals surface area (Å²) in [7, 11) is -2.87. The van der Waals surface area contributed by atoms with Gasteiger partial charge in [-0.3, -0.25) is 4.90 Å². The van der Waals surface area contributed by atoms with Gasteiger partial charge in [-0.05, 0) is 6.42 Å². The molecular weight excluding hydrogens is 386 g/mol. The zero-order valence-corrected chi connectivity index (χ0v) is 17.5. The van der Waals surface area contributed by atoms with Crippen molar-refractivity contribution in [1.82, 2.24) is 19.9 Å². The third-order valence-electron chi connectivity index (χ3n) is 4.52. The summed E-state index contributed by atoms with van der Waals surface area (Å²) in [5, 5.41) is 8.54. The van der Waals surface area contributed by atoms with Crippen LogP contribution in [0.25, 0.3) is 0 Å². The number of sulfone groups is 1. The van der Waals surface area contributed by atoms with Crippen LogP contribution in [0.1, 0.15) is 18.3 Å². The van der Waals surface area contributed by atoms with Crippen LogP contribution in [0.2, 0.25) is 0 Å². The Bertz CT molecular complexity index is 653. The van der Waals surface area contributed by atoms with Crippen molar-refractivity contribution in [3.63, 3.8) is 0 Å². The number of nitrogens with zero attached hydrogens (tertiary/aromatic N) is 4. The summed E-state index contributed by atoms with van der Waals surface area (Å²) in [5.74, 6) is 0.440. The van der Waals surface area contributed by atoms with E-state index in [0.717, 1.165) is 17.8 Å². The van der Waals surface area contributed by atoms with Crippen molar-refractivity contribution in [1.29, 1.82) is 0 Å². The van der Waals surface area contributed by atoms with Crippen LogP contribution < -0.4 is 5.73 Å². The normalized spacial score (nSPS) is 17.2. The maximum atomic E-state index is 11.6. The van der Waals surface area contributed by atoms with E-state index in [4.69, 9.17) is 19.9 Å². The third-order valence-corrected chi connectivity index (χ3v) is 6.13. The fraction of sp³-hybridized carbons (Fsp3) is 0.882. The molecule has 2 rings (SSSR count). The first-order valence-electron chi connectivity index (χ1n) is 9.83. The number of ether oxygens (including phenoxy) is 3. The van der Waals surface area contributed by atoms with Gasteiger partial charge in [-0.15, -0.1) is 5.10 Å². The standard InChI is InChI=1S/C17H33N5O5S/c1-2-17-16(15-21-5-13-28(23,24)14-6-21)19-20-22(17)4-8-26-10-12-27-11-9-25-7-3-18/h2-15,18H2,1H3. The Morgan fingerprint density at radius 3 is 2.21 bits per heavy atom. The minimum absolute atomic E-state index is 0.220. The SMILES string of the molecule is CCc1c(CN2CCS(=O)(=O)CC2)nnn1CCOCCOCCOCCN. The molecule has 1 aliphatic heterocycles. The van der Waals surface area contributed by atoms with Gasteiger partial charge in [0.1, 0.15) is 0 Å². The molecule has 0 spiro atoms. The van der Waals surface area contributed by atoms with Crippen molar-refractivity contribution in [2.45, 2.75) is 26.4 Å². The van der Waals surface area contributed by atoms with Crippen molar-refractivity contribution >= 4 is 9.84 Å². The largest absolute Gasteiger partial charge is 0.378 e. The Balaban J connectivity index is 1.65. The molecule has 162 valence electrons. The van der Waals surface area contributed by atoms with Gasteiger partial charge >= 0.3 is 0 Å². The molecule has 0 aliphatic carbocycles. The second-order valence-corrected chi connectivity index (χ2v) is 8.92. The minimum Gasteiger partial charge on any atom is -0.378 e. The van der Waals surface area contributed by atoms with Gasteiger partial charge in [0.05, 0.1) is 69.1 Å². The van der Waals surface area contributed by atoms with Gasteiger partial charge < -0.3 is 19.9 Å². The van der Waals surface area contributed by atoms with Gasteiger partial charge in [0, 0.05) is 26.2 Å². The number of nitrogens with two attached hydrogens (primary N) is 1. The molecule has 0 aromatic carbocycles. The zero-order valence-electron chi connectivity index (χ0n) is 16.7. The van der Waals surface area contributed by atoms with E-state index in [1.165, 1.54) is 0 Å². The maximum absolute atomic E-state index is 11.6. The molecule has 0 bridgehead atoms. The lowest BCUT2D eigenvalue weighted by Gasteiger charge is -2.25. The highest BCUT2D eigenvalue weighted by molar-refractivity contribution is 7.91. The number of aromatic nitrogens is 3. The van der Waals surface area contributed by atoms with Gasteiger partial charge in [-0.25, -0.2) is 13.1 Å². The van der Waals surface area contributed by atoms with E-state index in [9.17, 15) is 8.42 Å². The molecule has 2 N–H and O–H groups in total. The highest BCUT2D eigenvalue weighted by Crippen LogP contribution is 2.12. The van der Waals surface area contributed by atoms with Crippen LogP contribution >= 0.6 is 0 Å². The lowest BCUT2D eigenvalue weighted by Crippen LogP contribution is -2.39. The lowest BCUT2D eigenvalue weighted by molar-refractivity contribution is 0.0140. The zero-order chi connectivity index (χ0) is 20.2. The van der Waals surface area contributed by atoms with Crippen LogP contribution in [0, 0.1) is 0 Å². The van der Waals surface area contributed by atoms with Gasteiger partial charge in [0.15, 0.2) is 9.84 Å². The summed E-state index contributed by atoms with van der Waals surface area (Å²) >= 11 is 0. The van der Waals surface area contributed by atoms with E-state index in [0.29, 0.717) is 72.4 Å². The summed E-state index contributed by atoms with van der Waals surface area (Å²) < 4.78 is 41.2. The van der Waals surface area contributed by atoms with E-state index >= 15 is 0 Å². The van der Waals surface area contributed by atoms with E-state index < -0.39 is 9.84 Å². The van der Waals surface area contributed by atoms with Crippen molar-refractivity contribution in [3.05, 3.63) is 11.4 Å². The molecule has 1 fully saturated rings. The summed E-state index contributed by atoms with van der Waals surface area (Å²) in [4.78, 5) is 2.12. The topological polar surface area (TPSA) is 122 Å². The molecule has 1 aliphatic rings. The quantitative estimate of drug-likeness (QED) is 0.381. The fourth-order valence-corrected chi connectivity index (χ4v) is 4.23. The second-order valence-electron chi connectivity index (χ2n) is 6.61. The summed E-state index contributed by atoms with van der Waals surface area (Å²) in [6, 6.07) is 0. The minimum atomic E-state index is -2.87.